The Balaban J connectivity index is 1.35. The molecule has 0 aliphatic heterocycles. The molecule has 172 valence electrons. The van der Waals surface area contributed by atoms with Crippen molar-refractivity contribution >= 4 is 46.5 Å². The first-order chi connectivity index (χ1) is 17.2. The fourth-order valence-electron chi connectivity index (χ4n) is 3.65. The highest BCUT2D eigenvalue weighted by molar-refractivity contribution is 7.99. The number of carbonyl (C=O) groups is 1. The fourth-order valence-corrected chi connectivity index (χ4v) is 4.63. The van der Waals surface area contributed by atoms with Crippen molar-refractivity contribution in [2.75, 3.05) is 5.32 Å². The summed E-state index contributed by atoms with van der Waals surface area (Å²) in [5.74, 6) is 0.373. The summed E-state index contributed by atoms with van der Waals surface area (Å²) in [6.45, 7) is 2.04. The van der Waals surface area contributed by atoms with E-state index in [2.05, 4.69) is 25.5 Å². The van der Waals surface area contributed by atoms with E-state index in [0.717, 1.165) is 44.2 Å². The normalized spacial score (nSPS) is 11.2. The maximum atomic E-state index is 13.0. The molecule has 6 nitrogen and oxygen atoms in total. The molecule has 5 aromatic rings. The zero-order chi connectivity index (χ0) is 24.0. The quantitative estimate of drug-likeness (QED) is 0.280. The third-order valence-electron chi connectivity index (χ3n) is 5.43. The Kier molecular flexibility index (Phi) is 6.68. The second-order valence-electron chi connectivity index (χ2n) is 7.82. The standard InChI is InChI=1S/C28H23N5OS/c1-2-19-9-7-12-27(30-19)31-28(34)23-10-3-4-11-26(23)35-21-14-15-22-24(32-33-25(22)18-21)16-13-20-8-5-6-17-29-20/h3-18H,2H2,1H3,(H,32,33)(H,30,31,34)/b16-13+. The van der Waals surface area contributed by atoms with Gasteiger partial charge in [0.15, 0.2) is 0 Å². The van der Waals surface area contributed by atoms with E-state index in [4.69, 9.17) is 0 Å². The number of aryl methyl sites for hydroxylation is 1. The maximum Gasteiger partial charge on any atom is 0.257 e. The van der Waals surface area contributed by atoms with E-state index in [-0.39, 0.29) is 5.91 Å². The molecule has 0 saturated carbocycles. The largest absolute Gasteiger partial charge is 0.307 e. The van der Waals surface area contributed by atoms with Crippen LogP contribution in [0.15, 0.2) is 94.9 Å². The number of aromatic amines is 1. The summed E-state index contributed by atoms with van der Waals surface area (Å²) in [5.41, 5.74) is 4.20. The summed E-state index contributed by atoms with van der Waals surface area (Å²) in [5, 5.41) is 11.5. The van der Waals surface area contributed by atoms with E-state index in [1.807, 2.05) is 91.9 Å². The van der Waals surface area contributed by atoms with Crippen molar-refractivity contribution in [2.45, 2.75) is 23.1 Å². The average Bonchev–Trinajstić information content (AvgIpc) is 3.30. The van der Waals surface area contributed by atoms with Crippen molar-refractivity contribution in [3.05, 3.63) is 108 Å². The highest BCUT2D eigenvalue weighted by Crippen LogP contribution is 2.33. The molecule has 0 bridgehead atoms. The molecule has 5 rings (SSSR count). The lowest BCUT2D eigenvalue weighted by atomic mass is 10.2. The van der Waals surface area contributed by atoms with E-state index in [1.165, 1.54) is 11.8 Å². The van der Waals surface area contributed by atoms with Crippen LogP contribution in [0.25, 0.3) is 23.1 Å². The predicted octanol–water partition coefficient (Wildman–Crippen LogP) is 6.49. The van der Waals surface area contributed by atoms with Crippen LogP contribution in [-0.2, 0) is 6.42 Å². The van der Waals surface area contributed by atoms with Crippen molar-refractivity contribution < 1.29 is 4.79 Å². The van der Waals surface area contributed by atoms with E-state index < -0.39 is 0 Å². The molecule has 0 aliphatic carbocycles. The van der Waals surface area contributed by atoms with Gasteiger partial charge in [-0.3, -0.25) is 14.9 Å². The van der Waals surface area contributed by atoms with Crippen LogP contribution in [-0.4, -0.2) is 26.1 Å². The average molecular weight is 478 g/mol. The van der Waals surface area contributed by atoms with Gasteiger partial charge in [0.2, 0.25) is 0 Å². The molecule has 0 radical (unpaired) electrons. The third kappa shape index (κ3) is 5.31. The molecule has 0 fully saturated rings. The van der Waals surface area contributed by atoms with Gasteiger partial charge >= 0.3 is 0 Å². The topological polar surface area (TPSA) is 83.6 Å². The first kappa shape index (κ1) is 22.6. The first-order valence-electron chi connectivity index (χ1n) is 11.3. The van der Waals surface area contributed by atoms with Gasteiger partial charge in [-0.15, -0.1) is 0 Å². The molecule has 3 aromatic heterocycles. The number of aromatic nitrogens is 4. The number of pyridine rings is 2. The summed E-state index contributed by atoms with van der Waals surface area (Å²) in [6.07, 6.45) is 6.48. The highest BCUT2D eigenvalue weighted by atomic mass is 32.2. The van der Waals surface area contributed by atoms with Crippen molar-refractivity contribution in [3.8, 4) is 0 Å². The van der Waals surface area contributed by atoms with Crippen molar-refractivity contribution in [3.63, 3.8) is 0 Å². The minimum Gasteiger partial charge on any atom is -0.307 e. The van der Waals surface area contributed by atoms with Gasteiger partial charge in [0, 0.05) is 27.1 Å². The van der Waals surface area contributed by atoms with Crippen LogP contribution in [0, 0.1) is 0 Å². The number of anilines is 1. The van der Waals surface area contributed by atoms with Crippen LogP contribution in [0.3, 0.4) is 0 Å². The maximum absolute atomic E-state index is 13.0. The number of nitrogens with zero attached hydrogens (tertiary/aromatic N) is 3. The Labute approximate surface area is 207 Å². The minimum absolute atomic E-state index is 0.182. The number of nitrogens with one attached hydrogen (secondary N) is 2. The van der Waals surface area contributed by atoms with Gasteiger partial charge in [-0.1, -0.05) is 43.0 Å². The molecule has 3 heterocycles. The summed E-state index contributed by atoms with van der Waals surface area (Å²) >= 11 is 1.54. The predicted molar refractivity (Wildman–Crippen MR) is 141 cm³/mol. The fraction of sp³-hybridized carbons (Fsp3) is 0.0714. The van der Waals surface area contributed by atoms with Crippen LogP contribution >= 0.6 is 11.8 Å². The number of hydrogen-bond acceptors (Lipinski definition) is 5. The van der Waals surface area contributed by atoms with Gasteiger partial charge in [-0.25, -0.2) is 4.98 Å². The van der Waals surface area contributed by atoms with Gasteiger partial charge in [0.1, 0.15) is 5.82 Å². The Bertz CT molecular complexity index is 1510. The number of carbonyl (C=O) groups excluding carboxylic acids is 1. The lowest BCUT2D eigenvalue weighted by molar-refractivity contribution is 0.102. The molecule has 0 unspecified atom stereocenters. The molecule has 7 heteroatoms. The van der Waals surface area contributed by atoms with E-state index in [9.17, 15) is 4.79 Å². The molecule has 0 aliphatic rings. The smallest absolute Gasteiger partial charge is 0.257 e. The summed E-state index contributed by atoms with van der Waals surface area (Å²) in [6, 6.07) is 25.2. The van der Waals surface area contributed by atoms with E-state index in [0.29, 0.717) is 11.4 Å². The van der Waals surface area contributed by atoms with Gasteiger partial charge < -0.3 is 5.32 Å². The van der Waals surface area contributed by atoms with Gasteiger partial charge in [0.25, 0.3) is 5.91 Å². The lowest BCUT2D eigenvalue weighted by Crippen LogP contribution is -2.14. The van der Waals surface area contributed by atoms with Crippen LogP contribution in [0.4, 0.5) is 5.82 Å². The molecular formula is C28H23N5OS. The lowest BCUT2D eigenvalue weighted by Gasteiger charge is -2.10. The Hall–Kier alpha value is -4.23. The van der Waals surface area contributed by atoms with Crippen molar-refractivity contribution in [1.82, 2.24) is 20.2 Å². The Morgan fingerprint density at radius 2 is 1.89 bits per heavy atom. The molecular weight excluding hydrogens is 454 g/mol. The molecule has 35 heavy (non-hydrogen) atoms. The SMILES string of the molecule is CCc1cccc(NC(=O)c2ccccc2Sc2ccc3c(/C=C/c4ccccn4)n[nH]c3c2)n1. The zero-order valence-electron chi connectivity index (χ0n) is 19.1. The second-order valence-corrected chi connectivity index (χ2v) is 8.94. The van der Waals surface area contributed by atoms with Crippen LogP contribution in [0.2, 0.25) is 0 Å². The summed E-state index contributed by atoms with van der Waals surface area (Å²) < 4.78 is 0. The van der Waals surface area contributed by atoms with Gasteiger partial charge in [-0.05, 0) is 73.2 Å². The third-order valence-corrected chi connectivity index (χ3v) is 6.50. The van der Waals surface area contributed by atoms with Crippen LogP contribution in [0.5, 0.6) is 0 Å². The number of benzene rings is 2. The number of rotatable bonds is 7. The van der Waals surface area contributed by atoms with Crippen molar-refractivity contribution in [2.24, 2.45) is 0 Å². The monoisotopic (exact) mass is 477 g/mol. The molecule has 2 N–H and O–H groups in total. The molecule has 0 saturated heterocycles. The first-order valence-corrected chi connectivity index (χ1v) is 12.1. The Morgan fingerprint density at radius 1 is 1.00 bits per heavy atom. The van der Waals surface area contributed by atoms with Crippen LogP contribution in [0.1, 0.15) is 34.4 Å². The number of amides is 1. The number of hydrogen-bond donors (Lipinski definition) is 2. The van der Waals surface area contributed by atoms with Gasteiger partial charge in [0.05, 0.1) is 22.5 Å². The molecule has 0 atom stereocenters. The molecule has 1 amide bonds. The summed E-state index contributed by atoms with van der Waals surface area (Å²) in [7, 11) is 0. The molecule has 0 spiro atoms. The van der Waals surface area contributed by atoms with Crippen molar-refractivity contribution in [1.29, 1.82) is 0 Å². The number of H-pyrrole nitrogens is 1. The Morgan fingerprint density at radius 3 is 2.74 bits per heavy atom. The van der Waals surface area contributed by atoms with E-state index in [1.54, 1.807) is 12.3 Å². The van der Waals surface area contributed by atoms with Gasteiger partial charge in [-0.2, -0.15) is 5.10 Å². The van der Waals surface area contributed by atoms with Crippen LogP contribution < -0.4 is 5.32 Å². The van der Waals surface area contributed by atoms with E-state index >= 15 is 0 Å². The highest BCUT2D eigenvalue weighted by Gasteiger charge is 2.14. The number of fused-ring (bicyclic) bond motifs is 1. The summed E-state index contributed by atoms with van der Waals surface area (Å²) in [4.78, 5) is 23.7. The second kappa shape index (κ2) is 10.4. The minimum atomic E-state index is -0.182. The molecule has 2 aromatic carbocycles. The zero-order valence-corrected chi connectivity index (χ0v) is 19.9.